The van der Waals surface area contributed by atoms with E-state index in [4.69, 9.17) is 15.7 Å². The Hall–Kier alpha value is 2.44. The van der Waals surface area contributed by atoms with Crippen LogP contribution in [-0.2, 0) is 24.5 Å². The number of rotatable bonds is 0. The van der Waals surface area contributed by atoms with E-state index >= 15 is 0 Å². The summed E-state index contributed by atoms with van der Waals surface area (Å²) in [5, 5.41) is 0. The molecule has 0 atom stereocenters. The van der Waals surface area contributed by atoms with Gasteiger partial charge in [-0.1, -0.05) is 0 Å². The average Bonchev–Trinajstić information content (AvgIpc) is 0.722. The van der Waals surface area contributed by atoms with E-state index in [9.17, 15) is 0 Å². The maximum absolute atomic E-state index is 8.69. The Kier molecular flexibility index (Phi) is 15.2. The van der Waals surface area contributed by atoms with Gasteiger partial charge in [-0.05, 0) is 0 Å². The molecule has 1 N–H and O–H groups in total. The number of hydrogen-bond donors (Lipinski definition) is 1. The van der Waals surface area contributed by atoms with Gasteiger partial charge in [-0.15, -0.1) is 0 Å². The van der Waals surface area contributed by atoms with Crippen LogP contribution in [0.2, 0.25) is 0 Å². The van der Waals surface area contributed by atoms with Crippen LogP contribution < -0.4 is 0 Å². The quantitative estimate of drug-likeness (QED) is 0.480. The standard InChI is InChI=1S/K.Mn.H2O.3O.Pb.3H/h;;1H2;;;;;;;/q;+1;;;;;;;;/p-1. The van der Waals surface area contributed by atoms with Gasteiger partial charge in [0, 0.05) is 0 Å². The summed E-state index contributed by atoms with van der Waals surface area (Å²) in [6.07, 6.45) is 0. The second kappa shape index (κ2) is 6.56. The van der Waals surface area contributed by atoms with Gasteiger partial charge in [-0.25, -0.2) is 0 Å². The van der Waals surface area contributed by atoms with Gasteiger partial charge < -0.3 is 0 Å². The maximum atomic E-state index is 8.69. The van der Waals surface area contributed by atoms with Crippen molar-refractivity contribution in [2.75, 3.05) is 0 Å². The summed E-state index contributed by atoms with van der Waals surface area (Å²) in [7, 11) is 0. The summed E-state index contributed by atoms with van der Waals surface area (Å²) in [6.45, 7) is 0. The van der Waals surface area contributed by atoms with Crippen molar-refractivity contribution in [2.24, 2.45) is 0 Å². The molecule has 0 saturated carbocycles. The van der Waals surface area contributed by atoms with Crippen molar-refractivity contribution in [1.29, 1.82) is 0 Å². The van der Waals surface area contributed by atoms with E-state index in [1.165, 1.54) is 0 Å². The molecule has 0 spiro atoms. The van der Waals surface area contributed by atoms with E-state index in [1.807, 2.05) is 0 Å². The van der Waals surface area contributed by atoms with Crippen LogP contribution in [-0.4, -0.2) is 82.9 Å². The Morgan fingerprint density at radius 2 is 1.14 bits per heavy atom. The SMILES string of the molecule is [KH].[O]=[Mn](=[O])(=[O])[OH].[PbH2]. The molecule has 0 amide bonds. The molecule has 0 aromatic heterocycles. The zero-order chi connectivity index (χ0) is 4.50. The molecule has 2 radical (unpaired) electrons. The molecule has 0 aromatic carbocycles. The molecule has 0 unspecified atom stereocenters. The van der Waals surface area contributed by atoms with Crippen LogP contribution in [0.5, 0.6) is 0 Å². The molecule has 0 bridgehead atoms. The molecule has 4 nitrogen and oxygen atoms in total. The molecule has 0 aliphatic heterocycles. The fourth-order valence-electron chi connectivity index (χ4n) is 0. The summed E-state index contributed by atoms with van der Waals surface area (Å²) in [6, 6.07) is 0. The topological polar surface area (TPSA) is 71.4 Å². The molecule has 0 aliphatic carbocycles. The Morgan fingerprint density at radius 1 is 1.14 bits per heavy atom. The Morgan fingerprint density at radius 3 is 1.14 bits per heavy atom. The third-order valence-electron chi connectivity index (χ3n) is 0. The molecule has 0 saturated heterocycles. The molecule has 40 valence electrons. The van der Waals surface area contributed by atoms with Crippen LogP contribution in [0.25, 0.3) is 0 Å². The third-order valence-corrected chi connectivity index (χ3v) is 0. The molecular formula is H4KMnO4Pb. The summed E-state index contributed by atoms with van der Waals surface area (Å²) in [5.74, 6) is 0. The van der Waals surface area contributed by atoms with Gasteiger partial charge in [0.05, 0.1) is 0 Å². The molecule has 7 heavy (non-hydrogen) atoms. The van der Waals surface area contributed by atoms with Gasteiger partial charge >= 0.3 is 107 Å². The van der Waals surface area contributed by atoms with E-state index in [0.29, 0.717) is 0 Å². The van der Waals surface area contributed by atoms with E-state index in [2.05, 4.69) is 0 Å². The fourth-order valence-corrected chi connectivity index (χ4v) is 0. The van der Waals surface area contributed by atoms with Gasteiger partial charge in [0.2, 0.25) is 0 Å². The van der Waals surface area contributed by atoms with Crippen molar-refractivity contribution in [3.8, 4) is 0 Å². The van der Waals surface area contributed by atoms with Gasteiger partial charge in [0.1, 0.15) is 0 Å². The van der Waals surface area contributed by atoms with Crippen molar-refractivity contribution in [3.05, 3.63) is 0 Å². The third kappa shape index (κ3) is 58.8. The van der Waals surface area contributed by atoms with Crippen LogP contribution in [0, 0.1) is 0 Å². The van der Waals surface area contributed by atoms with Crippen LogP contribution in [0.3, 0.4) is 0 Å². The summed E-state index contributed by atoms with van der Waals surface area (Å²) in [4.78, 5) is 0. The van der Waals surface area contributed by atoms with Crippen LogP contribution in [0.1, 0.15) is 0 Å². The van der Waals surface area contributed by atoms with Crippen LogP contribution in [0.4, 0.5) is 0 Å². The molecule has 7 heteroatoms. The average molecular weight is 369 g/mol. The van der Waals surface area contributed by atoms with E-state index in [0.717, 1.165) is 0 Å². The normalized spacial score (nSPS) is 8.14. The van der Waals surface area contributed by atoms with Gasteiger partial charge in [-0.2, -0.15) is 0 Å². The Balaban J connectivity index is -0.0000000800. The molecule has 0 aromatic rings. The first-order chi connectivity index (χ1) is 2.00. The summed E-state index contributed by atoms with van der Waals surface area (Å²) < 4.78 is 33.1. The summed E-state index contributed by atoms with van der Waals surface area (Å²) >= 11 is -5.38. The van der Waals surface area contributed by atoms with Crippen molar-refractivity contribution in [3.63, 3.8) is 0 Å². The van der Waals surface area contributed by atoms with Crippen molar-refractivity contribution >= 4 is 78.7 Å². The predicted molar refractivity (Wildman–Crippen MR) is 20.0 cm³/mol. The van der Waals surface area contributed by atoms with Crippen molar-refractivity contribution < 1.29 is 28.7 Å². The Labute approximate surface area is 105 Å². The second-order valence-corrected chi connectivity index (χ2v) is 1.63. The van der Waals surface area contributed by atoms with Gasteiger partial charge in [0.15, 0.2) is 0 Å². The zero-order valence-electron chi connectivity index (χ0n) is 2.76. The van der Waals surface area contributed by atoms with Crippen molar-refractivity contribution in [2.45, 2.75) is 0 Å². The van der Waals surface area contributed by atoms with E-state index in [-0.39, 0.29) is 78.7 Å². The minimum absolute atomic E-state index is 0. The molecule has 0 heterocycles. The molecular weight excluding hydrogens is 365 g/mol. The predicted octanol–water partition coefficient (Wildman–Crippen LogP) is -2.48. The first kappa shape index (κ1) is 16.2. The van der Waals surface area contributed by atoms with E-state index in [1.54, 1.807) is 0 Å². The first-order valence-electron chi connectivity index (χ1n) is 0.632. The molecule has 0 rings (SSSR count). The van der Waals surface area contributed by atoms with Gasteiger partial charge in [0.25, 0.3) is 0 Å². The number of hydrogen-bond acceptors (Lipinski definition) is 3. The van der Waals surface area contributed by atoms with Crippen LogP contribution in [0.15, 0.2) is 0 Å². The Bertz CT molecular complexity index is 133. The van der Waals surface area contributed by atoms with Gasteiger partial charge in [-0.3, -0.25) is 0 Å². The van der Waals surface area contributed by atoms with Crippen LogP contribution >= 0.6 is 0 Å². The molecule has 0 fully saturated rings. The monoisotopic (exact) mass is 370 g/mol. The first-order valence-corrected chi connectivity index (χ1v) is 2.61. The van der Waals surface area contributed by atoms with Crippen molar-refractivity contribution in [1.82, 2.24) is 0 Å². The fraction of sp³-hybridized carbons (Fsp3) is 0. The summed E-state index contributed by atoms with van der Waals surface area (Å²) in [5.41, 5.74) is 0. The van der Waals surface area contributed by atoms with E-state index < -0.39 is 13.0 Å². The molecule has 0 aliphatic rings. The minimum atomic E-state index is -5.38. The second-order valence-electron chi connectivity index (χ2n) is 0.396. The zero-order valence-corrected chi connectivity index (χ0v) is 9.44.